The molecular formula is C13H15N3O2. The van der Waals surface area contributed by atoms with E-state index in [2.05, 4.69) is 10.4 Å². The number of nitrogens with one attached hydrogen (secondary N) is 1. The monoisotopic (exact) mass is 245 g/mol. The minimum Gasteiger partial charge on any atom is -0.384 e. The molecule has 0 saturated heterocycles. The SMILES string of the molecule is COCCC(=O)Nc1cnn(-c2ccccc2)c1. The number of rotatable bonds is 5. The zero-order chi connectivity index (χ0) is 12.8. The molecule has 0 fully saturated rings. The van der Waals surface area contributed by atoms with Gasteiger partial charge in [-0.2, -0.15) is 5.10 Å². The number of methoxy groups -OCH3 is 1. The molecular weight excluding hydrogens is 230 g/mol. The summed E-state index contributed by atoms with van der Waals surface area (Å²) >= 11 is 0. The lowest BCUT2D eigenvalue weighted by molar-refractivity contribution is -0.117. The molecule has 1 N–H and O–H groups in total. The van der Waals surface area contributed by atoms with Crippen LogP contribution < -0.4 is 5.32 Å². The van der Waals surface area contributed by atoms with Crippen LogP contribution in [0.3, 0.4) is 0 Å². The molecule has 0 saturated carbocycles. The van der Waals surface area contributed by atoms with Crippen molar-refractivity contribution in [3.05, 3.63) is 42.7 Å². The van der Waals surface area contributed by atoms with Gasteiger partial charge in [-0.3, -0.25) is 4.79 Å². The Kier molecular flexibility index (Phi) is 4.09. The van der Waals surface area contributed by atoms with Gasteiger partial charge in [0.2, 0.25) is 5.91 Å². The van der Waals surface area contributed by atoms with Gasteiger partial charge in [0.05, 0.1) is 36.8 Å². The number of hydrogen-bond donors (Lipinski definition) is 1. The van der Waals surface area contributed by atoms with Crippen LogP contribution in [0.25, 0.3) is 5.69 Å². The fourth-order valence-corrected chi connectivity index (χ4v) is 1.53. The van der Waals surface area contributed by atoms with Crippen molar-refractivity contribution in [2.24, 2.45) is 0 Å². The molecule has 5 nitrogen and oxygen atoms in total. The van der Waals surface area contributed by atoms with E-state index < -0.39 is 0 Å². The molecule has 0 aliphatic rings. The van der Waals surface area contributed by atoms with Gasteiger partial charge in [-0.25, -0.2) is 4.68 Å². The predicted molar refractivity (Wildman–Crippen MR) is 68.7 cm³/mol. The molecule has 0 aliphatic carbocycles. The van der Waals surface area contributed by atoms with E-state index >= 15 is 0 Å². The van der Waals surface area contributed by atoms with E-state index in [0.717, 1.165) is 5.69 Å². The molecule has 94 valence electrons. The van der Waals surface area contributed by atoms with Crippen LogP contribution in [0, 0.1) is 0 Å². The number of benzene rings is 1. The predicted octanol–water partition coefficient (Wildman–Crippen LogP) is 1.85. The van der Waals surface area contributed by atoms with Gasteiger partial charge in [0.25, 0.3) is 0 Å². The smallest absolute Gasteiger partial charge is 0.226 e. The first-order valence-corrected chi connectivity index (χ1v) is 5.68. The molecule has 1 aromatic heterocycles. The maximum Gasteiger partial charge on any atom is 0.226 e. The maximum atomic E-state index is 11.5. The lowest BCUT2D eigenvalue weighted by Crippen LogP contribution is -2.13. The van der Waals surface area contributed by atoms with Gasteiger partial charge in [0, 0.05) is 7.11 Å². The van der Waals surface area contributed by atoms with Crippen LogP contribution in [0.4, 0.5) is 5.69 Å². The standard InChI is InChI=1S/C13H15N3O2/c1-18-8-7-13(17)15-11-9-14-16(10-11)12-5-3-2-4-6-12/h2-6,9-10H,7-8H2,1H3,(H,15,17). The number of nitrogens with zero attached hydrogens (tertiary/aromatic N) is 2. The number of anilines is 1. The lowest BCUT2D eigenvalue weighted by Gasteiger charge is -2.01. The van der Waals surface area contributed by atoms with E-state index in [0.29, 0.717) is 18.7 Å². The van der Waals surface area contributed by atoms with Crippen molar-refractivity contribution in [2.45, 2.75) is 6.42 Å². The third-order valence-electron chi connectivity index (χ3n) is 2.42. The average molecular weight is 245 g/mol. The van der Waals surface area contributed by atoms with Crippen LogP contribution in [0.2, 0.25) is 0 Å². The van der Waals surface area contributed by atoms with Gasteiger partial charge >= 0.3 is 0 Å². The zero-order valence-corrected chi connectivity index (χ0v) is 10.2. The first-order chi connectivity index (χ1) is 8.79. The Labute approximate surface area is 105 Å². The van der Waals surface area contributed by atoms with Crippen molar-refractivity contribution in [3.8, 4) is 5.69 Å². The Bertz CT molecular complexity index is 508. The molecule has 1 aromatic carbocycles. The van der Waals surface area contributed by atoms with Crippen molar-refractivity contribution < 1.29 is 9.53 Å². The van der Waals surface area contributed by atoms with Crippen molar-refractivity contribution in [3.63, 3.8) is 0 Å². The quantitative estimate of drug-likeness (QED) is 0.874. The minimum absolute atomic E-state index is 0.0792. The van der Waals surface area contributed by atoms with Gasteiger partial charge in [-0.1, -0.05) is 18.2 Å². The van der Waals surface area contributed by atoms with Gasteiger partial charge in [0.15, 0.2) is 0 Å². The van der Waals surface area contributed by atoms with E-state index in [1.54, 1.807) is 24.2 Å². The molecule has 0 unspecified atom stereocenters. The molecule has 2 rings (SSSR count). The van der Waals surface area contributed by atoms with Gasteiger partial charge in [-0.15, -0.1) is 0 Å². The highest BCUT2D eigenvalue weighted by Crippen LogP contribution is 2.11. The second kappa shape index (κ2) is 5.97. The Morgan fingerprint density at radius 3 is 2.89 bits per heavy atom. The Morgan fingerprint density at radius 2 is 2.17 bits per heavy atom. The number of carbonyl (C=O) groups excluding carboxylic acids is 1. The van der Waals surface area contributed by atoms with E-state index in [-0.39, 0.29) is 5.91 Å². The number of para-hydroxylation sites is 1. The summed E-state index contributed by atoms with van der Waals surface area (Å²) < 4.78 is 6.56. The third-order valence-corrected chi connectivity index (χ3v) is 2.42. The van der Waals surface area contributed by atoms with Crippen molar-refractivity contribution in [2.75, 3.05) is 19.0 Å². The van der Waals surface area contributed by atoms with Gasteiger partial charge < -0.3 is 10.1 Å². The van der Waals surface area contributed by atoms with Gasteiger partial charge in [-0.05, 0) is 12.1 Å². The normalized spacial score (nSPS) is 10.3. The highest BCUT2D eigenvalue weighted by molar-refractivity contribution is 5.90. The van der Waals surface area contributed by atoms with Crippen LogP contribution in [0.1, 0.15) is 6.42 Å². The third kappa shape index (κ3) is 3.18. The summed E-state index contributed by atoms with van der Waals surface area (Å²) in [5.41, 5.74) is 1.63. The number of aromatic nitrogens is 2. The number of amides is 1. The van der Waals surface area contributed by atoms with E-state index in [4.69, 9.17) is 4.74 Å². The minimum atomic E-state index is -0.0792. The summed E-state index contributed by atoms with van der Waals surface area (Å²) in [6.07, 6.45) is 3.74. The molecule has 2 aromatic rings. The summed E-state index contributed by atoms with van der Waals surface area (Å²) in [4.78, 5) is 11.5. The first kappa shape index (κ1) is 12.3. The highest BCUT2D eigenvalue weighted by atomic mass is 16.5. The average Bonchev–Trinajstić information content (AvgIpc) is 2.86. The maximum absolute atomic E-state index is 11.5. The summed E-state index contributed by atoms with van der Waals surface area (Å²) in [6.45, 7) is 0.415. The van der Waals surface area contributed by atoms with Gasteiger partial charge in [0.1, 0.15) is 0 Å². The van der Waals surface area contributed by atoms with Crippen molar-refractivity contribution in [1.29, 1.82) is 0 Å². The largest absolute Gasteiger partial charge is 0.384 e. The lowest BCUT2D eigenvalue weighted by atomic mass is 10.3. The second-order valence-electron chi connectivity index (χ2n) is 3.80. The van der Waals surface area contributed by atoms with Crippen molar-refractivity contribution in [1.82, 2.24) is 9.78 Å². The Balaban J connectivity index is 2.00. The Hall–Kier alpha value is -2.14. The van der Waals surface area contributed by atoms with Crippen LogP contribution in [0.15, 0.2) is 42.7 Å². The van der Waals surface area contributed by atoms with E-state index in [9.17, 15) is 4.79 Å². The fourth-order valence-electron chi connectivity index (χ4n) is 1.53. The van der Waals surface area contributed by atoms with Crippen LogP contribution in [0.5, 0.6) is 0 Å². The topological polar surface area (TPSA) is 56.1 Å². The summed E-state index contributed by atoms with van der Waals surface area (Å²) in [6, 6.07) is 9.72. The summed E-state index contributed by atoms with van der Waals surface area (Å²) in [7, 11) is 1.57. The van der Waals surface area contributed by atoms with E-state index in [1.165, 1.54) is 0 Å². The number of ether oxygens (including phenoxy) is 1. The van der Waals surface area contributed by atoms with E-state index in [1.807, 2.05) is 30.3 Å². The fraction of sp³-hybridized carbons (Fsp3) is 0.231. The van der Waals surface area contributed by atoms with Crippen LogP contribution >= 0.6 is 0 Å². The Morgan fingerprint density at radius 1 is 1.39 bits per heavy atom. The van der Waals surface area contributed by atoms with Crippen LogP contribution in [-0.2, 0) is 9.53 Å². The molecule has 0 aliphatic heterocycles. The molecule has 0 bridgehead atoms. The molecule has 0 atom stereocenters. The molecule has 0 radical (unpaired) electrons. The number of hydrogen-bond acceptors (Lipinski definition) is 3. The molecule has 5 heteroatoms. The van der Waals surface area contributed by atoms with Crippen molar-refractivity contribution >= 4 is 11.6 Å². The first-order valence-electron chi connectivity index (χ1n) is 5.68. The molecule has 0 spiro atoms. The van der Waals surface area contributed by atoms with Crippen LogP contribution in [-0.4, -0.2) is 29.4 Å². The number of carbonyl (C=O) groups is 1. The summed E-state index contributed by atoms with van der Waals surface area (Å²) in [5.74, 6) is -0.0792. The zero-order valence-electron chi connectivity index (χ0n) is 10.2. The second-order valence-corrected chi connectivity index (χ2v) is 3.80. The molecule has 1 heterocycles. The highest BCUT2D eigenvalue weighted by Gasteiger charge is 2.04. The molecule has 1 amide bonds. The summed E-state index contributed by atoms with van der Waals surface area (Å²) in [5, 5.41) is 6.96. The molecule has 18 heavy (non-hydrogen) atoms.